The monoisotopic (exact) mass is 270 g/mol. The molecule has 0 bridgehead atoms. The highest BCUT2D eigenvalue weighted by Crippen LogP contribution is 2.32. The molecule has 0 aromatic rings. The SMILES string of the molecule is CC(C)OB(OC(C)(C)C(C)C(C)C)C(C)C(C)C. The molecule has 0 rings (SSSR count). The highest BCUT2D eigenvalue weighted by Gasteiger charge is 2.38. The number of hydrogen-bond donors (Lipinski definition) is 0. The normalized spacial score (nSPS) is 16.3. The van der Waals surface area contributed by atoms with E-state index in [1.54, 1.807) is 0 Å². The molecule has 0 saturated carbocycles. The molecule has 2 unspecified atom stereocenters. The molecule has 0 N–H and O–H groups in total. The summed E-state index contributed by atoms with van der Waals surface area (Å²) in [6.07, 6.45) is 0.191. The van der Waals surface area contributed by atoms with Crippen LogP contribution in [0.25, 0.3) is 0 Å². The summed E-state index contributed by atoms with van der Waals surface area (Å²) in [7, 11) is -0.129. The summed E-state index contributed by atoms with van der Waals surface area (Å²) in [5.41, 5.74) is -0.170. The molecule has 19 heavy (non-hydrogen) atoms. The van der Waals surface area contributed by atoms with Crippen molar-refractivity contribution in [2.24, 2.45) is 17.8 Å². The third kappa shape index (κ3) is 6.31. The average molecular weight is 270 g/mol. The van der Waals surface area contributed by atoms with E-state index in [1.807, 2.05) is 0 Å². The van der Waals surface area contributed by atoms with Crippen molar-refractivity contribution in [2.45, 2.75) is 86.8 Å². The van der Waals surface area contributed by atoms with Crippen LogP contribution in [0.4, 0.5) is 0 Å². The molecular formula is C16H35BO2. The van der Waals surface area contributed by atoms with E-state index < -0.39 is 0 Å². The molecule has 2 atom stereocenters. The second kappa shape index (κ2) is 7.68. The van der Waals surface area contributed by atoms with Crippen molar-refractivity contribution in [1.29, 1.82) is 0 Å². The van der Waals surface area contributed by atoms with Gasteiger partial charge in [-0.3, -0.25) is 0 Å². The van der Waals surface area contributed by atoms with Crippen LogP contribution in [0.2, 0.25) is 5.82 Å². The van der Waals surface area contributed by atoms with Gasteiger partial charge < -0.3 is 9.31 Å². The van der Waals surface area contributed by atoms with Crippen LogP contribution in [0.3, 0.4) is 0 Å². The predicted octanol–water partition coefficient (Wildman–Crippen LogP) is 5.03. The van der Waals surface area contributed by atoms with Gasteiger partial charge in [-0.1, -0.05) is 41.5 Å². The summed E-state index contributed by atoms with van der Waals surface area (Å²) >= 11 is 0. The van der Waals surface area contributed by atoms with Gasteiger partial charge in [-0.25, -0.2) is 0 Å². The van der Waals surface area contributed by atoms with Gasteiger partial charge in [0, 0.05) is 6.10 Å². The minimum atomic E-state index is -0.170. The van der Waals surface area contributed by atoms with E-state index in [0.717, 1.165) is 0 Å². The molecule has 0 aliphatic rings. The van der Waals surface area contributed by atoms with E-state index in [2.05, 4.69) is 69.2 Å². The smallest absolute Gasteiger partial charge is 0.409 e. The van der Waals surface area contributed by atoms with Crippen LogP contribution < -0.4 is 0 Å². The minimum absolute atomic E-state index is 0.129. The molecule has 0 spiro atoms. The fourth-order valence-electron chi connectivity index (χ4n) is 2.05. The molecule has 0 saturated heterocycles. The third-order valence-electron chi connectivity index (χ3n) is 4.40. The Hall–Kier alpha value is -0.0151. The van der Waals surface area contributed by atoms with E-state index in [1.165, 1.54) is 0 Å². The fourth-order valence-corrected chi connectivity index (χ4v) is 2.05. The first-order chi connectivity index (χ1) is 8.49. The largest absolute Gasteiger partial charge is 0.460 e. The Kier molecular flexibility index (Phi) is 7.68. The quantitative estimate of drug-likeness (QED) is 0.576. The van der Waals surface area contributed by atoms with Crippen LogP contribution in [0.1, 0.15) is 69.2 Å². The highest BCUT2D eigenvalue weighted by atomic mass is 16.6. The maximum absolute atomic E-state index is 6.37. The van der Waals surface area contributed by atoms with Crippen LogP contribution >= 0.6 is 0 Å². The Labute approximate surface area is 121 Å². The van der Waals surface area contributed by atoms with Crippen molar-refractivity contribution in [3.8, 4) is 0 Å². The van der Waals surface area contributed by atoms with E-state index >= 15 is 0 Å². The van der Waals surface area contributed by atoms with Gasteiger partial charge in [0.25, 0.3) is 0 Å². The summed E-state index contributed by atoms with van der Waals surface area (Å²) in [6, 6.07) is 0. The van der Waals surface area contributed by atoms with Gasteiger partial charge >= 0.3 is 7.12 Å². The Morgan fingerprint density at radius 1 is 0.789 bits per heavy atom. The highest BCUT2D eigenvalue weighted by molar-refractivity contribution is 6.46. The van der Waals surface area contributed by atoms with Crippen LogP contribution in [0, 0.1) is 17.8 Å². The molecule has 0 heterocycles. The minimum Gasteiger partial charge on any atom is -0.409 e. The van der Waals surface area contributed by atoms with Crippen molar-refractivity contribution in [3.05, 3.63) is 0 Å². The summed E-state index contributed by atoms with van der Waals surface area (Å²) in [5.74, 6) is 2.03. The topological polar surface area (TPSA) is 18.5 Å². The lowest BCUT2D eigenvalue weighted by atomic mass is 9.65. The number of hydrogen-bond acceptors (Lipinski definition) is 2. The first kappa shape index (κ1) is 19.0. The van der Waals surface area contributed by atoms with Gasteiger partial charge in [0.15, 0.2) is 0 Å². The Morgan fingerprint density at radius 2 is 1.26 bits per heavy atom. The Bertz CT molecular complexity index is 249. The summed E-state index contributed by atoms with van der Waals surface area (Å²) in [4.78, 5) is 0. The van der Waals surface area contributed by atoms with Crippen molar-refractivity contribution in [1.82, 2.24) is 0 Å². The van der Waals surface area contributed by atoms with Crippen molar-refractivity contribution in [2.75, 3.05) is 0 Å². The van der Waals surface area contributed by atoms with Crippen molar-refractivity contribution in [3.63, 3.8) is 0 Å². The molecule has 0 aromatic carbocycles. The molecule has 0 aromatic heterocycles. The van der Waals surface area contributed by atoms with E-state index in [9.17, 15) is 0 Å². The molecule has 3 heteroatoms. The van der Waals surface area contributed by atoms with E-state index in [-0.39, 0.29) is 18.8 Å². The molecule has 0 radical (unpaired) electrons. The van der Waals surface area contributed by atoms with E-state index in [4.69, 9.17) is 9.31 Å². The lowest BCUT2D eigenvalue weighted by Gasteiger charge is -2.39. The van der Waals surface area contributed by atoms with Crippen molar-refractivity contribution < 1.29 is 9.31 Å². The zero-order chi connectivity index (χ0) is 15.4. The molecule has 0 amide bonds. The van der Waals surface area contributed by atoms with Crippen LogP contribution in [-0.4, -0.2) is 18.8 Å². The third-order valence-corrected chi connectivity index (χ3v) is 4.40. The molecule has 0 aliphatic carbocycles. The van der Waals surface area contributed by atoms with Crippen LogP contribution in [0.5, 0.6) is 0 Å². The van der Waals surface area contributed by atoms with Crippen LogP contribution in [0.15, 0.2) is 0 Å². The Morgan fingerprint density at radius 3 is 1.58 bits per heavy atom. The maximum Gasteiger partial charge on any atom is 0.460 e. The van der Waals surface area contributed by atoms with Gasteiger partial charge in [0.05, 0.1) is 5.60 Å². The van der Waals surface area contributed by atoms with Gasteiger partial charge in [-0.2, -0.15) is 0 Å². The molecule has 2 nitrogen and oxygen atoms in total. The van der Waals surface area contributed by atoms with Gasteiger partial charge in [0.1, 0.15) is 0 Å². The first-order valence-corrected chi connectivity index (χ1v) is 7.82. The zero-order valence-electron chi connectivity index (χ0n) is 14.8. The standard InChI is InChI=1S/C16H35BO2/c1-11(2)14(7)16(9,10)19-17(18-13(5)6)15(8)12(3)4/h11-15H,1-10H3. The average Bonchev–Trinajstić information content (AvgIpc) is 2.24. The van der Waals surface area contributed by atoms with Gasteiger partial charge in [-0.15, -0.1) is 0 Å². The van der Waals surface area contributed by atoms with Gasteiger partial charge in [-0.05, 0) is 51.3 Å². The van der Waals surface area contributed by atoms with E-state index in [0.29, 0.717) is 23.6 Å². The summed E-state index contributed by atoms with van der Waals surface area (Å²) in [6.45, 7) is 21.9. The molecular weight excluding hydrogens is 235 g/mol. The Balaban J connectivity index is 4.89. The molecule has 0 fully saturated rings. The van der Waals surface area contributed by atoms with Gasteiger partial charge in [0.2, 0.25) is 0 Å². The second-order valence-electron chi connectivity index (χ2n) is 7.41. The van der Waals surface area contributed by atoms with Crippen LogP contribution in [-0.2, 0) is 9.31 Å². The summed E-state index contributed by atoms with van der Waals surface area (Å²) in [5, 5.41) is 0. The molecule has 0 aliphatic heterocycles. The second-order valence-corrected chi connectivity index (χ2v) is 7.41. The summed E-state index contributed by atoms with van der Waals surface area (Å²) < 4.78 is 12.4. The maximum atomic E-state index is 6.37. The lowest BCUT2D eigenvalue weighted by molar-refractivity contribution is -0.00648. The zero-order valence-corrected chi connectivity index (χ0v) is 14.8. The number of rotatable bonds is 8. The fraction of sp³-hybridized carbons (Fsp3) is 1.00. The predicted molar refractivity (Wildman–Crippen MR) is 85.4 cm³/mol. The van der Waals surface area contributed by atoms with Crippen molar-refractivity contribution >= 4 is 7.12 Å². The first-order valence-electron chi connectivity index (χ1n) is 7.82. The molecule has 114 valence electrons. The lowest BCUT2D eigenvalue weighted by Crippen LogP contribution is -2.45.